The van der Waals surface area contributed by atoms with Crippen LogP contribution >= 0.6 is 0 Å². The van der Waals surface area contributed by atoms with E-state index < -0.39 is 0 Å². The number of amides is 1. The van der Waals surface area contributed by atoms with Gasteiger partial charge >= 0.3 is 0 Å². The number of carbonyl (C=O) groups is 1. The predicted octanol–water partition coefficient (Wildman–Crippen LogP) is 2.78. The lowest BCUT2D eigenvalue weighted by Crippen LogP contribution is -2.16. The third-order valence-corrected chi connectivity index (χ3v) is 3.52. The van der Waals surface area contributed by atoms with Gasteiger partial charge in [0.05, 0.1) is 5.69 Å². The van der Waals surface area contributed by atoms with Gasteiger partial charge in [-0.1, -0.05) is 30.3 Å². The number of carbonyl (C=O) groups excluding carboxylic acids is 1. The van der Waals surface area contributed by atoms with Crippen molar-refractivity contribution < 1.29 is 4.79 Å². The Morgan fingerprint density at radius 2 is 1.88 bits per heavy atom. The lowest BCUT2D eigenvalue weighted by molar-refractivity contribution is -0.114. The van der Waals surface area contributed by atoms with E-state index in [1.807, 2.05) is 54.6 Å². The van der Waals surface area contributed by atoms with Crippen LogP contribution in [0.5, 0.6) is 0 Å². The van der Waals surface area contributed by atoms with Crippen LogP contribution in [-0.2, 0) is 11.2 Å². The normalized spacial score (nSPS) is 10.4. The molecule has 0 fully saturated rings. The van der Waals surface area contributed by atoms with E-state index in [4.69, 9.17) is 0 Å². The molecule has 0 bridgehead atoms. The average molecular weight is 319 g/mol. The molecule has 120 valence electrons. The Morgan fingerprint density at radius 3 is 2.62 bits per heavy atom. The maximum atomic E-state index is 12.1. The summed E-state index contributed by atoms with van der Waals surface area (Å²) in [6.07, 6.45) is 2.06. The topological polar surface area (TPSA) is 64.0 Å². The van der Waals surface area contributed by atoms with Gasteiger partial charge in [-0.25, -0.2) is 4.68 Å². The van der Waals surface area contributed by atoms with Gasteiger partial charge in [-0.15, -0.1) is 0 Å². The van der Waals surface area contributed by atoms with E-state index in [0.717, 1.165) is 11.3 Å². The monoisotopic (exact) mass is 319 g/mol. The summed E-state index contributed by atoms with van der Waals surface area (Å²) in [6.45, 7) is 1.46. The Bertz CT molecular complexity index is 917. The van der Waals surface area contributed by atoms with Gasteiger partial charge in [-0.2, -0.15) is 5.10 Å². The molecule has 2 aromatic carbocycles. The molecular weight excluding hydrogens is 302 g/mol. The van der Waals surface area contributed by atoms with E-state index in [0.29, 0.717) is 17.8 Å². The molecule has 0 aliphatic rings. The van der Waals surface area contributed by atoms with Crippen molar-refractivity contribution in [1.29, 1.82) is 0 Å². The van der Waals surface area contributed by atoms with Gasteiger partial charge in [0, 0.05) is 31.3 Å². The van der Waals surface area contributed by atoms with Crippen LogP contribution < -0.4 is 10.7 Å². The highest BCUT2D eigenvalue weighted by Gasteiger charge is 2.06. The smallest absolute Gasteiger partial charge is 0.221 e. The Hall–Kier alpha value is -3.21. The second-order valence-electron chi connectivity index (χ2n) is 5.47. The minimum absolute atomic E-state index is 0.105. The molecule has 0 saturated carbocycles. The Balaban J connectivity index is 1.90. The van der Waals surface area contributed by atoms with Gasteiger partial charge in [0.15, 0.2) is 0 Å². The van der Waals surface area contributed by atoms with Crippen molar-refractivity contribution >= 4 is 11.6 Å². The Morgan fingerprint density at radius 1 is 1.08 bits per heavy atom. The fraction of sp³-hybridized carbons (Fsp3) is 0.105. The van der Waals surface area contributed by atoms with Crippen molar-refractivity contribution in [2.75, 3.05) is 5.32 Å². The van der Waals surface area contributed by atoms with Gasteiger partial charge < -0.3 is 5.32 Å². The van der Waals surface area contributed by atoms with E-state index >= 15 is 0 Å². The number of rotatable bonds is 4. The summed E-state index contributed by atoms with van der Waals surface area (Å²) in [5.74, 6) is -0.128. The van der Waals surface area contributed by atoms with Gasteiger partial charge in [-0.05, 0) is 29.8 Å². The molecule has 3 rings (SSSR count). The number of anilines is 1. The molecule has 0 unspecified atom stereocenters. The van der Waals surface area contributed by atoms with E-state index in [2.05, 4.69) is 10.4 Å². The van der Waals surface area contributed by atoms with Gasteiger partial charge in [-0.3, -0.25) is 9.59 Å². The minimum atomic E-state index is -0.128. The van der Waals surface area contributed by atoms with E-state index in [9.17, 15) is 9.59 Å². The summed E-state index contributed by atoms with van der Waals surface area (Å²) in [5, 5.41) is 7.19. The first-order chi connectivity index (χ1) is 11.6. The highest BCUT2D eigenvalue weighted by molar-refractivity contribution is 5.88. The van der Waals surface area contributed by atoms with Crippen LogP contribution in [0.3, 0.4) is 0 Å². The number of para-hydroxylation sites is 1. The summed E-state index contributed by atoms with van der Waals surface area (Å²) < 4.78 is 1.69. The zero-order valence-corrected chi connectivity index (χ0v) is 13.3. The number of benzene rings is 2. The summed E-state index contributed by atoms with van der Waals surface area (Å²) in [6, 6.07) is 18.6. The third-order valence-electron chi connectivity index (χ3n) is 3.52. The molecule has 1 amide bonds. The molecule has 1 N–H and O–H groups in total. The van der Waals surface area contributed by atoms with Gasteiger partial charge in [0.25, 0.3) is 0 Å². The number of hydrogen-bond acceptors (Lipinski definition) is 3. The van der Waals surface area contributed by atoms with Gasteiger partial charge in [0.1, 0.15) is 5.69 Å². The lowest BCUT2D eigenvalue weighted by Gasteiger charge is -2.08. The maximum absolute atomic E-state index is 12.1. The van der Waals surface area contributed by atoms with E-state index in [-0.39, 0.29) is 11.3 Å². The quantitative estimate of drug-likeness (QED) is 0.804. The van der Waals surface area contributed by atoms with Crippen molar-refractivity contribution in [2.45, 2.75) is 13.3 Å². The van der Waals surface area contributed by atoms with Crippen LogP contribution in [0.4, 0.5) is 5.69 Å². The van der Waals surface area contributed by atoms with Crippen molar-refractivity contribution in [3.63, 3.8) is 0 Å². The molecule has 0 saturated heterocycles. The zero-order chi connectivity index (χ0) is 16.9. The summed E-state index contributed by atoms with van der Waals surface area (Å²) >= 11 is 0. The summed E-state index contributed by atoms with van der Waals surface area (Å²) in [5.41, 5.74) is 2.87. The standard InChI is InChI=1S/C19H17N3O2/c1-14(23)20-16-7-5-6-15(12-16)13-18-19(24)10-11-22(21-18)17-8-3-2-4-9-17/h2-12H,13H2,1H3,(H,20,23). The van der Waals surface area contributed by atoms with E-state index in [1.54, 1.807) is 10.9 Å². The van der Waals surface area contributed by atoms with Crippen LogP contribution in [0, 0.1) is 0 Å². The fourth-order valence-corrected chi connectivity index (χ4v) is 2.45. The summed E-state index contributed by atoms with van der Waals surface area (Å²) in [7, 11) is 0. The minimum Gasteiger partial charge on any atom is -0.326 e. The van der Waals surface area contributed by atoms with Crippen molar-refractivity contribution in [3.05, 3.63) is 88.3 Å². The number of aromatic nitrogens is 2. The Kier molecular flexibility index (Phi) is 4.52. The largest absolute Gasteiger partial charge is 0.326 e. The fourth-order valence-electron chi connectivity index (χ4n) is 2.45. The third kappa shape index (κ3) is 3.76. The predicted molar refractivity (Wildman–Crippen MR) is 93.4 cm³/mol. The highest BCUT2D eigenvalue weighted by Crippen LogP contribution is 2.13. The van der Waals surface area contributed by atoms with Crippen molar-refractivity contribution in [2.24, 2.45) is 0 Å². The van der Waals surface area contributed by atoms with Crippen molar-refractivity contribution in [1.82, 2.24) is 9.78 Å². The first-order valence-corrected chi connectivity index (χ1v) is 7.62. The molecule has 5 nitrogen and oxygen atoms in total. The molecule has 0 radical (unpaired) electrons. The number of nitrogens with zero attached hydrogens (tertiary/aromatic N) is 2. The van der Waals surface area contributed by atoms with Crippen LogP contribution in [0.2, 0.25) is 0 Å². The molecule has 0 aliphatic carbocycles. The number of nitrogens with one attached hydrogen (secondary N) is 1. The second kappa shape index (κ2) is 6.91. The molecule has 5 heteroatoms. The first-order valence-electron chi connectivity index (χ1n) is 7.62. The molecule has 0 aliphatic heterocycles. The van der Waals surface area contributed by atoms with Gasteiger partial charge in [0.2, 0.25) is 11.3 Å². The SMILES string of the molecule is CC(=O)Nc1cccc(Cc2nn(-c3ccccc3)ccc2=O)c1. The second-order valence-corrected chi connectivity index (χ2v) is 5.47. The van der Waals surface area contributed by atoms with Crippen LogP contribution in [-0.4, -0.2) is 15.7 Å². The highest BCUT2D eigenvalue weighted by atomic mass is 16.1. The van der Waals surface area contributed by atoms with Crippen LogP contribution in [0.25, 0.3) is 5.69 Å². The average Bonchev–Trinajstić information content (AvgIpc) is 2.57. The molecule has 24 heavy (non-hydrogen) atoms. The molecule has 1 aromatic heterocycles. The molecule has 1 heterocycles. The van der Waals surface area contributed by atoms with Crippen molar-refractivity contribution in [3.8, 4) is 5.69 Å². The molecule has 0 atom stereocenters. The number of hydrogen-bond donors (Lipinski definition) is 1. The lowest BCUT2D eigenvalue weighted by atomic mass is 10.1. The molecule has 0 spiro atoms. The van der Waals surface area contributed by atoms with E-state index in [1.165, 1.54) is 13.0 Å². The first kappa shape index (κ1) is 15.7. The molecular formula is C19H17N3O2. The van der Waals surface area contributed by atoms with Crippen LogP contribution in [0.15, 0.2) is 71.7 Å². The summed E-state index contributed by atoms with van der Waals surface area (Å²) in [4.78, 5) is 23.3. The maximum Gasteiger partial charge on any atom is 0.221 e. The molecule has 3 aromatic rings. The van der Waals surface area contributed by atoms with Crippen LogP contribution in [0.1, 0.15) is 18.2 Å². The zero-order valence-electron chi connectivity index (χ0n) is 13.3. The Labute approximate surface area is 139 Å².